The minimum atomic E-state index is -0.932. The first-order valence-electron chi connectivity index (χ1n) is 7.67. The van der Waals surface area contributed by atoms with E-state index < -0.39 is 18.2 Å². The number of rotatable bonds is 6. The molecule has 0 aliphatic rings. The summed E-state index contributed by atoms with van der Waals surface area (Å²) in [6, 6.07) is 16.4. The lowest BCUT2D eigenvalue weighted by Gasteiger charge is -2.19. The van der Waals surface area contributed by atoms with Gasteiger partial charge in [0.05, 0.1) is 0 Å². The summed E-state index contributed by atoms with van der Waals surface area (Å²) < 4.78 is 10.5. The van der Waals surface area contributed by atoms with Crippen molar-refractivity contribution >= 4 is 17.6 Å². The molecule has 0 aromatic heterocycles. The quantitative estimate of drug-likeness (QED) is 0.827. The van der Waals surface area contributed by atoms with Gasteiger partial charge in [0.2, 0.25) is 0 Å². The van der Waals surface area contributed by atoms with Crippen molar-refractivity contribution < 1.29 is 19.1 Å². The van der Waals surface area contributed by atoms with Crippen LogP contribution in [-0.2, 0) is 19.1 Å². The van der Waals surface area contributed by atoms with Gasteiger partial charge in [-0.3, -0.25) is 4.79 Å². The van der Waals surface area contributed by atoms with Gasteiger partial charge in [-0.15, -0.1) is 0 Å². The van der Waals surface area contributed by atoms with Crippen LogP contribution >= 0.6 is 0 Å². The number of ether oxygens (including phenoxy) is 2. The zero-order valence-electron chi connectivity index (χ0n) is 14.0. The van der Waals surface area contributed by atoms with Crippen molar-refractivity contribution in [3.05, 3.63) is 65.7 Å². The number of benzene rings is 2. The molecule has 0 aliphatic heterocycles. The fraction of sp³-hybridized carbons (Fsp3) is 0.263. The van der Waals surface area contributed by atoms with E-state index in [0.29, 0.717) is 11.3 Å². The Hall–Kier alpha value is -2.66. The normalized spacial score (nSPS) is 13.0. The van der Waals surface area contributed by atoms with E-state index in [-0.39, 0.29) is 5.91 Å². The van der Waals surface area contributed by atoms with Gasteiger partial charge in [0.25, 0.3) is 5.91 Å². The average molecular weight is 327 g/mol. The molecule has 0 spiro atoms. The van der Waals surface area contributed by atoms with E-state index in [9.17, 15) is 9.59 Å². The Morgan fingerprint density at radius 2 is 1.62 bits per heavy atom. The van der Waals surface area contributed by atoms with Crippen molar-refractivity contribution in [3.8, 4) is 0 Å². The number of hydrogen-bond acceptors (Lipinski definition) is 4. The highest BCUT2D eigenvalue weighted by Crippen LogP contribution is 2.19. The minimum Gasteiger partial charge on any atom is -0.450 e. The Morgan fingerprint density at radius 3 is 2.25 bits per heavy atom. The highest BCUT2D eigenvalue weighted by atomic mass is 16.6. The molecule has 2 unspecified atom stereocenters. The van der Waals surface area contributed by atoms with Crippen molar-refractivity contribution in [3.63, 3.8) is 0 Å². The summed E-state index contributed by atoms with van der Waals surface area (Å²) >= 11 is 0. The van der Waals surface area contributed by atoms with Gasteiger partial charge in [-0.2, -0.15) is 0 Å². The number of anilines is 1. The molecule has 0 fully saturated rings. The van der Waals surface area contributed by atoms with Gasteiger partial charge in [-0.1, -0.05) is 48.5 Å². The number of carbonyl (C=O) groups excluding carboxylic acids is 2. The number of para-hydroxylation sites is 1. The van der Waals surface area contributed by atoms with Gasteiger partial charge in [0, 0.05) is 12.8 Å². The molecule has 1 amide bonds. The smallest absolute Gasteiger partial charge is 0.340 e. The van der Waals surface area contributed by atoms with Gasteiger partial charge in [0.1, 0.15) is 0 Å². The monoisotopic (exact) mass is 327 g/mol. The van der Waals surface area contributed by atoms with Crippen LogP contribution in [0.4, 0.5) is 5.69 Å². The van der Waals surface area contributed by atoms with Gasteiger partial charge >= 0.3 is 5.97 Å². The zero-order chi connectivity index (χ0) is 17.5. The fourth-order valence-electron chi connectivity index (χ4n) is 2.23. The lowest BCUT2D eigenvalue weighted by atomic mass is 10.1. The number of hydrogen-bond donors (Lipinski definition) is 1. The van der Waals surface area contributed by atoms with Crippen LogP contribution in [0.3, 0.4) is 0 Å². The molecule has 5 nitrogen and oxygen atoms in total. The Bertz CT molecular complexity index is 700. The number of methoxy groups -OCH3 is 1. The van der Waals surface area contributed by atoms with Crippen LogP contribution in [0.25, 0.3) is 0 Å². The minimum absolute atomic E-state index is 0.388. The molecule has 0 saturated heterocycles. The molecule has 0 saturated carbocycles. The molecule has 2 rings (SSSR count). The van der Waals surface area contributed by atoms with Gasteiger partial charge in [-0.05, 0) is 31.0 Å². The molecule has 2 atom stereocenters. The molecule has 24 heavy (non-hydrogen) atoms. The topological polar surface area (TPSA) is 64.6 Å². The molecule has 0 radical (unpaired) electrons. The van der Waals surface area contributed by atoms with Crippen molar-refractivity contribution in [2.75, 3.05) is 12.4 Å². The number of amides is 1. The predicted molar refractivity (Wildman–Crippen MR) is 91.6 cm³/mol. The standard InChI is InChI=1S/C19H21NO4/c1-13-9-7-8-12-16(13)20-18(21)14(2)24-19(22)17(23-3)15-10-5-4-6-11-15/h4-12,14,17H,1-3H3,(H,20,21). The van der Waals surface area contributed by atoms with Crippen LogP contribution in [0.5, 0.6) is 0 Å². The van der Waals surface area contributed by atoms with Crippen molar-refractivity contribution in [1.29, 1.82) is 0 Å². The maximum Gasteiger partial charge on any atom is 0.340 e. The average Bonchev–Trinajstić information content (AvgIpc) is 2.58. The fourth-order valence-corrected chi connectivity index (χ4v) is 2.23. The van der Waals surface area contributed by atoms with Crippen LogP contribution in [-0.4, -0.2) is 25.1 Å². The van der Waals surface area contributed by atoms with Crippen LogP contribution < -0.4 is 5.32 Å². The predicted octanol–water partition coefficient (Wildman–Crippen LogP) is 3.25. The van der Waals surface area contributed by atoms with E-state index >= 15 is 0 Å². The molecule has 5 heteroatoms. The molecular weight excluding hydrogens is 306 g/mol. The van der Waals surface area contributed by atoms with Crippen molar-refractivity contribution in [2.24, 2.45) is 0 Å². The lowest BCUT2D eigenvalue weighted by Crippen LogP contribution is -2.32. The first-order chi connectivity index (χ1) is 11.5. The maximum atomic E-state index is 12.3. The summed E-state index contributed by atoms with van der Waals surface area (Å²) in [5.74, 6) is -0.989. The van der Waals surface area contributed by atoms with E-state index in [0.717, 1.165) is 5.56 Å². The van der Waals surface area contributed by atoms with Gasteiger partial charge in [0.15, 0.2) is 12.2 Å². The van der Waals surface area contributed by atoms with Crippen molar-refractivity contribution in [2.45, 2.75) is 26.1 Å². The summed E-state index contributed by atoms with van der Waals surface area (Å²) in [6.07, 6.45) is -1.79. The molecular formula is C19H21NO4. The van der Waals surface area contributed by atoms with Crippen LogP contribution in [0.1, 0.15) is 24.2 Å². The van der Waals surface area contributed by atoms with Crippen LogP contribution in [0.2, 0.25) is 0 Å². The summed E-state index contributed by atoms with van der Waals surface area (Å²) in [5, 5.41) is 2.76. The molecule has 0 heterocycles. The second kappa shape index (κ2) is 8.26. The third kappa shape index (κ3) is 4.43. The number of nitrogens with one attached hydrogen (secondary N) is 1. The molecule has 1 N–H and O–H groups in total. The van der Waals surface area contributed by atoms with Crippen LogP contribution in [0, 0.1) is 6.92 Å². The molecule has 0 aliphatic carbocycles. The molecule has 2 aromatic rings. The lowest BCUT2D eigenvalue weighted by molar-refractivity contribution is -0.163. The Balaban J connectivity index is 2.00. The summed E-state index contributed by atoms with van der Waals surface area (Å²) in [6.45, 7) is 3.42. The number of esters is 1. The third-order valence-electron chi connectivity index (χ3n) is 3.62. The molecule has 126 valence electrons. The zero-order valence-corrected chi connectivity index (χ0v) is 14.0. The van der Waals surface area contributed by atoms with E-state index in [1.165, 1.54) is 14.0 Å². The maximum absolute atomic E-state index is 12.3. The highest BCUT2D eigenvalue weighted by molar-refractivity contribution is 5.95. The third-order valence-corrected chi connectivity index (χ3v) is 3.62. The number of aryl methyl sites for hydroxylation is 1. The summed E-state index contributed by atoms with van der Waals surface area (Å²) in [7, 11) is 1.43. The SMILES string of the molecule is COC(C(=O)OC(C)C(=O)Nc1ccccc1C)c1ccccc1. The van der Waals surface area contributed by atoms with Gasteiger partial charge in [-0.25, -0.2) is 4.79 Å². The molecule has 0 bridgehead atoms. The second-order valence-electron chi connectivity index (χ2n) is 5.41. The first kappa shape index (κ1) is 17.7. The van der Waals surface area contributed by atoms with E-state index in [4.69, 9.17) is 9.47 Å². The Labute approximate surface area is 141 Å². The largest absolute Gasteiger partial charge is 0.450 e. The summed E-state index contributed by atoms with van der Waals surface area (Å²) in [5.41, 5.74) is 2.30. The van der Waals surface area contributed by atoms with Crippen LogP contribution in [0.15, 0.2) is 54.6 Å². The van der Waals surface area contributed by atoms with E-state index in [1.54, 1.807) is 18.2 Å². The van der Waals surface area contributed by atoms with Gasteiger partial charge < -0.3 is 14.8 Å². The summed E-state index contributed by atoms with van der Waals surface area (Å²) in [4.78, 5) is 24.5. The first-order valence-corrected chi connectivity index (χ1v) is 7.67. The van der Waals surface area contributed by atoms with Crippen molar-refractivity contribution in [1.82, 2.24) is 0 Å². The Morgan fingerprint density at radius 1 is 1.00 bits per heavy atom. The van der Waals surface area contributed by atoms with E-state index in [2.05, 4.69) is 5.32 Å². The highest BCUT2D eigenvalue weighted by Gasteiger charge is 2.26. The number of carbonyl (C=O) groups is 2. The molecule has 2 aromatic carbocycles. The Kier molecular flexibility index (Phi) is 6.09. The second-order valence-corrected chi connectivity index (χ2v) is 5.41. The van der Waals surface area contributed by atoms with E-state index in [1.807, 2.05) is 43.3 Å².